The van der Waals surface area contributed by atoms with E-state index in [0.29, 0.717) is 16.9 Å². The number of benzene rings is 1. The van der Waals surface area contributed by atoms with Gasteiger partial charge in [-0.1, -0.05) is 12.1 Å². The van der Waals surface area contributed by atoms with Crippen LogP contribution in [0.15, 0.2) is 35.5 Å². The number of rotatable bonds is 4. The number of nitrogens with one attached hydrogen (secondary N) is 1. The fourth-order valence-corrected chi connectivity index (χ4v) is 4.14. The predicted octanol–water partition coefficient (Wildman–Crippen LogP) is -0.674. The van der Waals surface area contributed by atoms with Crippen LogP contribution in [0.2, 0.25) is 0 Å². The van der Waals surface area contributed by atoms with Gasteiger partial charge >= 0.3 is 5.97 Å². The molecule has 1 saturated heterocycles. The largest absolute Gasteiger partial charge is 0.508 e. The predicted molar refractivity (Wildman–Crippen MR) is 94.0 cm³/mol. The van der Waals surface area contributed by atoms with Crippen LogP contribution in [0.1, 0.15) is 18.5 Å². The second-order valence-electron chi connectivity index (χ2n) is 5.90. The molecule has 140 valence electrons. The maximum absolute atomic E-state index is 12.3. The van der Waals surface area contributed by atoms with E-state index in [-0.39, 0.29) is 16.9 Å². The highest BCUT2D eigenvalue weighted by Crippen LogP contribution is 2.40. The highest BCUT2D eigenvalue weighted by molar-refractivity contribution is 8.00. The molecule has 1 fully saturated rings. The van der Waals surface area contributed by atoms with Gasteiger partial charge in [-0.2, -0.15) is 0 Å². The van der Waals surface area contributed by atoms with Gasteiger partial charge in [-0.05, 0) is 30.2 Å². The Kier molecular flexibility index (Phi) is 5.59. The summed E-state index contributed by atoms with van der Waals surface area (Å²) in [5, 5.41) is 20.7. The van der Waals surface area contributed by atoms with Crippen molar-refractivity contribution in [2.24, 2.45) is 5.73 Å². The van der Waals surface area contributed by atoms with Crippen molar-refractivity contribution in [3.05, 3.63) is 41.1 Å². The highest BCUT2D eigenvalue weighted by atomic mass is 32.2. The van der Waals surface area contributed by atoms with Crippen molar-refractivity contribution in [2.45, 2.75) is 24.4 Å². The monoisotopic (exact) mass is 381 g/mol. The average molecular weight is 381 g/mol. The van der Waals surface area contributed by atoms with Gasteiger partial charge in [0.15, 0.2) is 0 Å². The number of hydrogen-bond donors (Lipinski definition) is 4. The first-order valence-corrected chi connectivity index (χ1v) is 8.58. The molecule has 2 aliphatic rings. The third-order valence-electron chi connectivity index (χ3n) is 4.19. The number of aromatic hydroxyl groups is 1. The molecule has 1 aromatic carbocycles. The summed E-state index contributed by atoms with van der Waals surface area (Å²) in [6, 6.07) is 4.09. The van der Waals surface area contributed by atoms with Crippen LogP contribution < -0.4 is 11.1 Å². The second kappa shape index (κ2) is 7.36. The molecule has 2 unspecified atom stereocenters. The lowest BCUT2D eigenvalue weighted by Crippen LogP contribution is -2.71. The maximum Gasteiger partial charge on any atom is 0.352 e. The van der Waals surface area contributed by atoms with Crippen LogP contribution in [0, 0.1) is 0 Å². The number of carboxylic acid groups (broad SMARTS) is 1. The Morgan fingerprint density at radius 2 is 1.96 bits per heavy atom. The van der Waals surface area contributed by atoms with Crippen LogP contribution in [0.25, 0.3) is 0 Å². The zero-order valence-electron chi connectivity index (χ0n) is 13.8. The second-order valence-corrected chi connectivity index (χ2v) is 7.00. The van der Waals surface area contributed by atoms with Gasteiger partial charge in [0.25, 0.3) is 5.91 Å². The molecule has 26 heavy (non-hydrogen) atoms. The highest BCUT2D eigenvalue weighted by Gasteiger charge is 2.53. The number of amides is 2. The number of carbonyl (C=O) groups is 3. The molecule has 2 aliphatic heterocycles. The molecule has 9 nitrogen and oxygen atoms in total. The molecule has 3 rings (SSSR count). The first-order chi connectivity index (χ1) is 11.8. The van der Waals surface area contributed by atoms with E-state index in [1.54, 1.807) is 6.92 Å². The van der Waals surface area contributed by atoms with Crippen LogP contribution in [-0.2, 0) is 14.4 Å². The number of phenolic OH excluding ortho intramolecular Hbond substituents is 1. The number of hydrogen-bond acceptors (Lipinski definition) is 6. The summed E-state index contributed by atoms with van der Waals surface area (Å²) in [6.07, 6.45) is 0. The van der Waals surface area contributed by atoms with Gasteiger partial charge < -0.3 is 26.7 Å². The Hall–Kier alpha value is -2.56. The van der Waals surface area contributed by atoms with Gasteiger partial charge in [0.1, 0.15) is 28.9 Å². The quantitative estimate of drug-likeness (QED) is 0.502. The van der Waals surface area contributed by atoms with E-state index in [9.17, 15) is 24.6 Å². The van der Waals surface area contributed by atoms with E-state index in [4.69, 9.17) is 5.73 Å². The van der Waals surface area contributed by atoms with Gasteiger partial charge in [0, 0.05) is 5.75 Å². The van der Waals surface area contributed by atoms with Crippen molar-refractivity contribution in [1.29, 1.82) is 0 Å². The summed E-state index contributed by atoms with van der Waals surface area (Å²) in [5.41, 5.74) is 7.00. The van der Waals surface area contributed by atoms with Crippen molar-refractivity contribution < 1.29 is 30.1 Å². The third-order valence-corrected chi connectivity index (χ3v) is 5.62. The molecule has 0 aromatic heterocycles. The molecule has 0 radical (unpaired) electrons. The lowest BCUT2D eigenvalue weighted by molar-refractivity contribution is -0.150. The number of aliphatic carboxylic acids is 1. The summed E-state index contributed by atoms with van der Waals surface area (Å²) in [6.45, 7) is 1.67. The van der Waals surface area contributed by atoms with Crippen molar-refractivity contribution >= 4 is 29.5 Å². The van der Waals surface area contributed by atoms with Gasteiger partial charge in [0.2, 0.25) is 5.91 Å². The number of carbonyl (C=O) groups excluding carboxylic acids is 2. The molecule has 0 saturated carbocycles. The van der Waals surface area contributed by atoms with E-state index >= 15 is 0 Å². The SMILES string of the molecule is CC1=C(C(=O)O)N2C(=O)C(NC(=O)C(N)c3ccc(O)cc3)[C@H]2SC1.O. The standard InChI is InChI=1S/C16H17N3O5S.H2O/c1-7-6-25-15-11(14(22)19(15)12(7)16(23)24)18-13(21)10(17)8-2-4-9(20)5-3-8;/h2-5,10-11,15,20H,6,17H2,1H3,(H,18,21)(H,23,24);1H2/t10?,11?,15-;/m1./s1. The number of β-lactam (4-membered cyclic amide) rings is 1. The third kappa shape index (κ3) is 3.26. The number of thioether (sulfide) groups is 1. The molecule has 2 heterocycles. The molecule has 7 N–H and O–H groups in total. The minimum atomic E-state index is -1.15. The van der Waals surface area contributed by atoms with Gasteiger partial charge in [-0.3, -0.25) is 14.5 Å². The molecule has 2 amide bonds. The lowest BCUT2D eigenvalue weighted by Gasteiger charge is -2.49. The van der Waals surface area contributed by atoms with Crippen molar-refractivity contribution in [3.63, 3.8) is 0 Å². The number of nitrogens with two attached hydrogens (primary N) is 1. The smallest absolute Gasteiger partial charge is 0.352 e. The molecule has 0 aliphatic carbocycles. The first-order valence-electron chi connectivity index (χ1n) is 7.54. The van der Waals surface area contributed by atoms with E-state index < -0.39 is 35.2 Å². The van der Waals surface area contributed by atoms with Crippen LogP contribution in [0.4, 0.5) is 0 Å². The van der Waals surface area contributed by atoms with E-state index in [2.05, 4.69) is 5.32 Å². The van der Waals surface area contributed by atoms with Gasteiger partial charge in [0.05, 0.1) is 0 Å². The van der Waals surface area contributed by atoms with E-state index in [0.717, 1.165) is 0 Å². The van der Waals surface area contributed by atoms with E-state index in [1.807, 2.05) is 0 Å². The van der Waals surface area contributed by atoms with E-state index in [1.165, 1.54) is 40.9 Å². The number of fused-ring (bicyclic) bond motifs is 1. The molecular formula is C16H19N3O6S. The maximum atomic E-state index is 12.3. The Balaban J connectivity index is 0.00000243. The van der Waals surface area contributed by atoms with Crippen LogP contribution in [0.3, 0.4) is 0 Å². The lowest BCUT2D eigenvalue weighted by atomic mass is 10.0. The van der Waals surface area contributed by atoms with Gasteiger partial charge in [-0.15, -0.1) is 11.8 Å². The van der Waals surface area contributed by atoms with Crippen LogP contribution in [0.5, 0.6) is 5.75 Å². The molecule has 10 heteroatoms. The molecular weight excluding hydrogens is 362 g/mol. The first kappa shape index (κ1) is 19.8. The Morgan fingerprint density at radius 3 is 2.54 bits per heavy atom. The zero-order chi connectivity index (χ0) is 18.3. The number of nitrogens with zero attached hydrogens (tertiary/aromatic N) is 1. The summed E-state index contributed by atoms with van der Waals surface area (Å²) in [5.74, 6) is -1.61. The summed E-state index contributed by atoms with van der Waals surface area (Å²) in [7, 11) is 0. The Labute approximate surface area is 153 Å². The number of carboxylic acids is 1. The topological polar surface area (TPSA) is 164 Å². The Morgan fingerprint density at radius 1 is 1.35 bits per heavy atom. The van der Waals surface area contributed by atoms with Crippen molar-refractivity contribution in [2.75, 3.05) is 5.75 Å². The van der Waals surface area contributed by atoms with Gasteiger partial charge in [-0.25, -0.2) is 4.79 Å². The molecule has 0 bridgehead atoms. The number of phenols is 1. The molecule has 1 aromatic rings. The summed E-state index contributed by atoms with van der Waals surface area (Å²) in [4.78, 5) is 37.2. The summed E-state index contributed by atoms with van der Waals surface area (Å²) < 4.78 is 0. The van der Waals surface area contributed by atoms with Crippen LogP contribution >= 0.6 is 11.8 Å². The van der Waals surface area contributed by atoms with Crippen LogP contribution in [-0.4, -0.2) is 55.5 Å². The normalized spacial score (nSPS) is 22.7. The van der Waals surface area contributed by atoms with Crippen molar-refractivity contribution in [3.8, 4) is 5.75 Å². The summed E-state index contributed by atoms with van der Waals surface area (Å²) >= 11 is 1.40. The Bertz CT molecular complexity index is 779. The minimum Gasteiger partial charge on any atom is -0.508 e. The molecule has 0 spiro atoms. The zero-order valence-corrected chi connectivity index (χ0v) is 14.6. The minimum absolute atomic E-state index is 0. The average Bonchev–Trinajstić information content (AvgIpc) is 2.58. The fraction of sp³-hybridized carbons (Fsp3) is 0.312. The fourth-order valence-electron chi connectivity index (χ4n) is 2.85. The molecule has 3 atom stereocenters. The van der Waals surface area contributed by atoms with Crippen molar-refractivity contribution in [1.82, 2.24) is 10.2 Å².